The molecule has 1 nitrogen and oxygen atoms in total. The number of halogens is 1. The topological polar surface area (TPSA) is 17.1 Å². The second-order valence-electron chi connectivity index (χ2n) is 2.65. The summed E-state index contributed by atoms with van der Waals surface area (Å²) in [5.41, 5.74) is 0.922. The van der Waals surface area contributed by atoms with Gasteiger partial charge in [0.15, 0.2) is 5.78 Å². The molecule has 1 rings (SSSR count). The number of carbonyl (C=O) groups is 1. The van der Waals surface area contributed by atoms with Crippen LogP contribution in [0.2, 0.25) is 0 Å². The van der Waals surface area contributed by atoms with Gasteiger partial charge in [-0.15, -0.1) is 6.58 Å². The molecule has 0 aromatic carbocycles. The number of hydrogen-bond donors (Lipinski definition) is 0. The van der Waals surface area contributed by atoms with Crippen molar-refractivity contribution in [1.82, 2.24) is 0 Å². The van der Waals surface area contributed by atoms with Crippen LogP contribution >= 0.6 is 15.9 Å². The molecule has 1 aliphatic carbocycles. The molecule has 60 valence electrons. The number of rotatable bonds is 2. The molecular formula is C9H11BrO. The van der Waals surface area contributed by atoms with Crippen LogP contribution < -0.4 is 0 Å². The van der Waals surface area contributed by atoms with Crippen molar-refractivity contribution in [2.45, 2.75) is 25.7 Å². The molecule has 0 saturated heterocycles. The number of Topliss-reactive ketones (excluding diaryl/α,β-unsaturated/α-hetero) is 1. The van der Waals surface area contributed by atoms with Crippen molar-refractivity contribution >= 4 is 21.7 Å². The van der Waals surface area contributed by atoms with Gasteiger partial charge in [0, 0.05) is 16.5 Å². The maximum atomic E-state index is 11.3. The Morgan fingerprint density at radius 1 is 1.55 bits per heavy atom. The largest absolute Gasteiger partial charge is 0.295 e. The molecule has 11 heavy (non-hydrogen) atoms. The van der Waals surface area contributed by atoms with E-state index in [-0.39, 0.29) is 5.78 Å². The summed E-state index contributed by atoms with van der Waals surface area (Å²) in [5.74, 6) is 0.281. The Balaban J connectivity index is 2.81. The van der Waals surface area contributed by atoms with Crippen LogP contribution in [0, 0.1) is 0 Å². The SMILES string of the molecule is C=CCC1=C(Br)CCCC1=O. The molecular weight excluding hydrogens is 204 g/mol. The second kappa shape index (κ2) is 3.86. The van der Waals surface area contributed by atoms with Crippen LogP contribution in [0.25, 0.3) is 0 Å². The molecule has 2 heteroatoms. The standard InChI is InChI=1S/C9H11BrO/c1-2-4-7-8(10)5-3-6-9(7)11/h2H,1,3-6H2. The van der Waals surface area contributed by atoms with E-state index in [0.717, 1.165) is 22.9 Å². The summed E-state index contributed by atoms with van der Waals surface area (Å²) in [6, 6.07) is 0. The molecule has 0 saturated carbocycles. The molecule has 0 amide bonds. The molecule has 0 radical (unpaired) electrons. The summed E-state index contributed by atoms with van der Waals surface area (Å²) < 4.78 is 1.08. The third kappa shape index (κ3) is 2.03. The summed E-state index contributed by atoms with van der Waals surface area (Å²) in [5, 5.41) is 0. The van der Waals surface area contributed by atoms with E-state index in [1.807, 2.05) is 0 Å². The number of ketones is 1. The predicted octanol–water partition coefficient (Wildman–Crippen LogP) is 2.96. The van der Waals surface area contributed by atoms with Crippen LogP contribution in [-0.4, -0.2) is 5.78 Å². The van der Waals surface area contributed by atoms with Crippen molar-refractivity contribution in [3.63, 3.8) is 0 Å². The molecule has 0 heterocycles. The van der Waals surface area contributed by atoms with E-state index in [1.165, 1.54) is 0 Å². The number of allylic oxidation sites excluding steroid dienone is 3. The summed E-state index contributed by atoms with van der Waals surface area (Å²) >= 11 is 3.41. The van der Waals surface area contributed by atoms with E-state index in [1.54, 1.807) is 6.08 Å². The number of hydrogen-bond acceptors (Lipinski definition) is 1. The molecule has 1 aliphatic rings. The minimum atomic E-state index is 0.281. The van der Waals surface area contributed by atoms with E-state index in [2.05, 4.69) is 22.5 Å². The van der Waals surface area contributed by atoms with Gasteiger partial charge < -0.3 is 0 Å². The van der Waals surface area contributed by atoms with Crippen LogP contribution in [0.4, 0.5) is 0 Å². The first-order chi connectivity index (χ1) is 5.25. The number of carbonyl (C=O) groups excluding carboxylic acids is 1. The van der Waals surface area contributed by atoms with E-state index >= 15 is 0 Å². The van der Waals surface area contributed by atoms with Crippen molar-refractivity contribution < 1.29 is 4.79 Å². The zero-order chi connectivity index (χ0) is 8.27. The average molecular weight is 215 g/mol. The van der Waals surface area contributed by atoms with Crippen molar-refractivity contribution in [3.05, 3.63) is 22.7 Å². The highest BCUT2D eigenvalue weighted by Gasteiger charge is 2.16. The molecule has 0 N–H and O–H groups in total. The highest BCUT2D eigenvalue weighted by atomic mass is 79.9. The highest BCUT2D eigenvalue weighted by Crippen LogP contribution is 2.28. The van der Waals surface area contributed by atoms with Crippen LogP contribution in [0.5, 0.6) is 0 Å². The Morgan fingerprint density at radius 3 is 2.82 bits per heavy atom. The van der Waals surface area contributed by atoms with E-state index in [4.69, 9.17) is 0 Å². The lowest BCUT2D eigenvalue weighted by Gasteiger charge is -2.13. The third-order valence-electron chi connectivity index (χ3n) is 1.81. The zero-order valence-electron chi connectivity index (χ0n) is 6.40. The van der Waals surface area contributed by atoms with Gasteiger partial charge in [-0.3, -0.25) is 4.79 Å². The van der Waals surface area contributed by atoms with E-state index in [9.17, 15) is 4.79 Å². The fourth-order valence-electron chi connectivity index (χ4n) is 1.23. The van der Waals surface area contributed by atoms with Gasteiger partial charge in [-0.2, -0.15) is 0 Å². The molecule has 0 fully saturated rings. The fraction of sp³-hybridized carbons (Fsp3) is 0.444. The predicted molar refractivity (Wildman–Crippen MR) is 49.6 cm³/mol. The van der Waals surface area contributed by atoms with Gasteiger partial charge >= 0.3 is 0 Å². The van der Waals surface area contributed by atoms with Crippen LogP contribution in [0.1, 0.15) is 25.7 Å². The fourth-order valence-corrected chi connectivity index (χ4v) is 1.89. The lowest BCUT2D eigenvalue weighted by Crippen LogP contribution is -2.08. The van der Waals surface area contributed by atoms with Crippen molar-refractivity contribution in [2.24, 2.45) is 0 Å². The summed E-state index contributed by atoms with van der Waals surface area (Å²) in [7, 11) is 0. The maximum absolute atomic E-state index is 11.3. The minimum Gasteiger partial charge on any atom is -0.295 e. The van der Waals surface area contributed by atoms with Crippen LogP contribution in [-0.2, 0) is 4.79 Å². The van der Waals surface area contributed by atoms with Gasteiger partial charge in [0.1, 0.15) is 0 Å². The van der Waals surface area contributed by atoms with Crippen molar-refractivity contribution in [3.8, 4) is 0 Å². The van der Waals surface area contributed by atoms with Gasteiger partial charge in [-0.1, -0.05) is 22.0 Å². The quantitative estimate of drug-likeness (QED) is 0.647. The third-order valence-corrected chi connectivity index (χ3v) is 2.69. The van der Waals surface area contributed by atoms with Gasteiger partial charge in [0.05, 0.1) is 0 Å². The molecule has 0 aromatic rings. The first kappa shape index (κ1) is 8.72. The molecule has 0 bridgehead atoms. The second-order valence-corrected chi connectivity index (χ2v) is 3.61. The Kier molecular flexibility index (Phi) is 3.06. The smallest absolute Gasteiger partial charge is 0.159 e. The molecule has 0 unspecified atom stereocenters. The normalized spacial score (nSPS) is 18.8. The minimum absolute atomic E-state index is 0.281. The lowest BCUT2D eigenvalue weighted by molar-refractivity contribution is -0.116. The monoisotopic (exact) mass is 214 g/mol. The Bertz CT molecular complexity index is 216. The average Bonchev–Trinajstić information content (AvgIpc) is 1.97. The van der Waals surface area contributed by atoms with Crippen LogP contribution in [0.15, 0.2) is 22.7 Å². The summed E-state index contributed by atoms with van der Waals surface area (Å²) in [6.45, 7) is 3.62. The van der Waals surface area contributed by atoms with Gasteiger partial charge in [-0.05, 0) is 19.3 Å². The Hall–Kier alpha value is -0.370. The van der Waals surface area contributed by atoms with E-state index in [0.29, 0.717) is 12.8 Å². The maximum Gasteiger partial charge on any atom is 0.159 e. The van der Waals surface area contributed by atoms with Gasteiger partial charge in [-0.25, -0.2) is 0 Å². The zero-order valence-corrected chi connectivity index (χ0v) is 7.99. The lowest BCUT2D eigenvalue weighted by atomic mass is 9.96. The first-order valence-corrected chi connectivity index (χ1v) is 4.56. The molecule has 0 atom stereocenters. The van der Waals surface area contributed by atoms with E-state index < -0.39 is 0 Å². The Morgan fingerprint density at radius 2 is 2.27 bits per heavy atom. The molecule has 0 spiro atoms. The van der Waals surface area contributed by atoms with Crippen molar-refractivity contribution in [1.29, 1.82) is 0 Å². The van der Waals surface area contributed by atoms with Crippen molar-refractivity contribution in [2.75, 3.05) is 0 Å². The highest BCUT2D eigenvalue weighted by molar-refractivity contribution is 9.11. The first-order valence-electron chi connectivity index (χ1n) is 3.77. The van der Waals surface area contributed by atoms with Gasteiger partial charge in [0.25, 0.3) is 0 Å². The molecule has 0 aliphatic heterocycles. The summed E-state index contributed by atoms with van der Waals surface area (Å²) in [6.07, 6.45) is 5.19. The van der Waals surface area contributed by atoms with Gasteiger partial charge in [0.2, 0.25) is 0 Å². The summed E-state index contributed by atoms with van der Waals surface area (Å²) in [4.78, 5) is 11.3. The Labute approximate surface area is 75.3 Å². The molecule has 0 aromatic heterocycles. The van der Waals surface area contributed by atoms with Crippen LogP contribution in [0.3, 0.4) is 0 Å².